The van der Waals surface area contributed by atoms with Crippen LogP contribution in [-0.4, -0.2) is 56.5 Å². The van der Waals surface area contributed by atoms with Gasteiger partial charge in [0, 0.05) is 30.5 Å². The van der Waals surface area contributed by atoms with Gasteiger partial charge in [0.15, 0.2) is 11.5 Å². The van der Waals surface area contributed by atoms with E-state index in [1.54, 1.807) is 18.2 Å². The zero-order valence-electron chi connectivity index (χ0n) is 17.5. The first-order chi connectivity index (χ1) is 14.3. The Kier molecular flexibility index (Phi) is 6.25. The van der Waals surface area contributed by atoms with Crippen LogP contribution in [0.25, 0.3) is 0 Å². The molecule has 0 radical (unpaired) electrons. The van der Waals surface area contributed by atoms with Crippen LogP contribution in [0, 0.1) is 13.8 Å². The van der Waals surface area contributed by atoms with Crippen LogP contribution in [-0.2, 0) is 14.4 Å². The lowest BCUT2D eigenvalue weighted by molar-refractivity contribution is -0.147. The average molecular weight is 411 g/mol. The maximum Gasteiger partial charge on any atom is 0.316 e. The van der Waals surface area contributed by atoms with E-state index in [4.69, 9.17) is 9.47 Å². The molecule has 0 aliphatic carbocycles. The average Bonchev–Trinajstić information content (AvgIpc) is 2.73. The highest BCUT2D eigenvalue weighted by atomic mass is 16.5. The number of ether oxygens (including phenoxy) is 2. The number of hydrogen-bond donors (Lipinski definition) is 1. The first-order valence-electron chi connectivity index (χ1n) is 9.54. The van der Waals surface area contributed by atoms with E-state index in [0.29, 0.717) is 22.9 Å². The molecule has 0 bridgehead atoms. The minimum Gasteiger partial charge on any atom is -0.493 e. The van der Waals surface area contributed by atoms with Crippen molar-refractivity contribution in [2.45, 2.75) is 13.8 Å². The molecule has 1 heterocycles. The molecule has 8 nitrogen and oxygen atoms in total. The Morgan fingerprint density at radius 2 is 1.67 bits per heavy atom. The van der Waals surface area contributed by atoms with Crippen molar-refractivity contribution in [2.24, 2.45) is 0 Å². The number of carbonyl (C=O) groups excluding carboxylic acids is 3. The van der Waals surface area contributed by atoms with Crippen molar-refractivity contribution in [3.8, 4) is 11.5 Å². The number of anilines is 2. The Morgan fingerprint density at radius 1 is 0.933 bits per heavy atom. The molecule has 0 aromatic heterocycles. The highest BCUT2D eigenvalue weighted by molar-refractivity contribution is 6.41. The smallest absolute Gasteiger partial charge is 0.316 e. The maximum absolute atomic E-state index is 12.6. The summed E-state index contributed by atoms with van der Waals surface area (Å²) in [6.45, 7) is 4.29. The zero-order chi connectivity index (χ0) is 21.8. The number of piperazine rings is 1. The third-order valence-electron chi connectivity index (χ3n) is 5.11. The maximum atomic E-state index is 12.6. The van der Waals surface area contributed by atoms with E-state index in [1.807, 2.05) is 32.0 Å². The molecule has 158 valence electrons. The van der Waals surface area contributed by atoms with Gasteiger partial charge in [0.05, 0.1) is 14.2 Å². The van der Waals surface area contributed by atoms with Crippen molar-refractivity contribution in [3.63, 3.8) is 0 Å². The summed E-state index contributed by atoms with van der Waals surface area (Å²) in [6, 6.07) is 10.6. The van der Waals surface area contributed by atoms with Gasteiger partial charge in [-0.1, -0.05) is 6.07 Å². The van der Waals surface area contributed by atoms with E-state index in [-0.39, 0.29) is 25.5 Å². The van der Waals surface area contributed by atoms with Crippen LogP contribution in [0.4, 0.5) is 11.4 Å². The Bertz CT molecular complexity index is 989. The lowest BCUT2D eigenvalue weighted by atomic mass is 10.1. The Labute approximate surface area is 175 Å². The predicted molar refractivity (Wildman–Crippen MR) is 113 cm³/mol. The van der Waals surface area contributed by atoms with E-state index in [2.05, 4.69) is 5.32 Å². The first kappa shape index (κ1) is 21.2. The molecule has 8 heteroatoms. The number of nitrogens with zero attached hydrogens (tertiary/aromatic N) is 2. The van der Waals surface area contributed by atoms with Crippen molar-refractivity contribution in [2.75, 3.05) is 44.1 Å². The van der Waals surface area contributed by atoms with Gasteiger partial charge in [0.25, 0.3) is 0 Å². The Balaban J connectivity index is 1.66. The predicted octanol–water partition coefficient (Wildman–Crippen LogP) is 2.13. The molecule has 1 aliphatic heterocycles. The summed E-state index contributed by atoms with van der Waals surface area (Å²) in [4.78, 5) is 40.2. The number of methoxy groups -OCH3 is 2. The van der Waals surface area contributed by atoms with Crippen LogP contribution < -0.4 is 19.7 Å². The fraction of sp³-hybridized carbons (Fsp3) is 0.318. The number of benzene rings is 2. The topological polar surface area (TPSA) is 88.2 Å². The molecule has 0 spiro atoms. The molecule has 1 N–H and O–H groups in total. The van der Waals surface area contributed by atoms with E-state index in [0.717, 1.165) is 11.1 Å². The monoisotopic (exact) mass is 411 g/mol. The molecule has 0 atom stereocenters. The fourth-order valence-corrected chi connectivity index (χ4v) is 3.26. The van der Waals surface area contributed by atoms with Gasteiger partial charge in [-0.15, -0.1) is 0 Å². The zero-order valence-corrected chi connectivity index (χ0v) is 17.5. The van der Waals surface area contributed by atoms with Gasteiger partial charge >= 0.3 is 11.8 Å². The molecule has 1 fully saturated rings. The van der Waals surface area contributed by atoms with Crippen molar-refractivity contribution in [1.29, 1.82) is 0 Å². The van der Waals surface area contributed by atoms with E-state index < -0.39 is 11.8 Å². The SMILES string of the molecule is COc1ccc(N2CCN(CC(=O)Nc3ccc(C)c(C)c3)C(=O)C2=O)cc1OC. The van der Waals surface area contributed by atoms with Crippen LogP contribution in [0.3, 0.4) is 0 Å². The minimum absolute atomic E-state index is 0.183. The van der Waals surface area contributed by atoms with Crippen LogP contribution in [0.15, 0.2) is 36.4 Å². The molecule has 1 aliphatic rings. The highest BCUT2D eigenvalue weighted by Gasteiger charge is 2.34. The molecule has 2 aromatic rings. The molecule has 3 rings (SSSR count). The van der Waals surface area contributed by atoms with Crippen molar-refractivity contribution >= 4 is 29.1 Å². The number of rotatable bonds is 6. The molecule has 0 unspecified atom stereocenters. The van der Waals surface area contributed by atoms with Crippen LogP contribution in [0.2, 0.25) is 0 Å². The molecule has 1 saturated heterocycles. The number of aryl methyl sites for hydroxylation is 2. The van der Waals surface area contributed by atoms with Crippen LogP contribution in [0.5, 0.6) is 11.5 Å². The molecule has 3 amide bonds. The third kappa shape index (κ3) is 4.37. The quantitative estimate of drug-likeness (QED) is 0.736. The molecular weight excluding hydrogens is 386 g/mol. The first-order valence-corrected chi connectivity index (χ1v) is 9.54. The van der Waals surface area contributed by atoms with Gasteiger partial charge in [0.2, 0.25) is 5.91 Å². The van der Waals surface area contributed by atoms with Crippen molar-refractivity contribution in [3.05, 3.63) is 47.5 Å². The van der Waals surface area contributed by atoms with Gasteiger partial charge < -0.3 is 24.6 Å². The van der Waals surface area contributed by atoms with Crippen molar-refractivity contribution in [1.82, 2.24) is 4.90 Å². The molecule has 30 heavy (non-hydrogen) atoms. The summed E-state index contributed by atoms with van der Waals surface area (Å²) in [7, 11) is 3.02. The summed E-state index contributed by atoms with van der Waals surface area (Å²) in [5.74, 6) is -0.759. The Morgan fingerprint density at radius 3 is 2.33 bits per heavy atom. The fourth-order valence-electron chi connectivity index (χ4n) is 3.26. The second-order valence-corrected chi connectivity index (χ2v) is 7.07. The highest BCUT2D eigenvalue weighted by Crippen LogP contribution is 2.32. The summed E-state index contributed by atoms with van der Waals surface area (Å²) in [5, 5.41) is 2.78. The Hall–Kier alpha value is -3.55. The van der Waals surface area contributed by atoms with Gasteiger partial charge in [-0.05, 0) is 49.2 Å². The minimum atomic E-state index is -0.716. The number of nitrogens with one attached hydrogen (secondary N) is 1. The lowest BCUT2D eigenvalue weighted by Gasteiger charge is -2.33. The normalized spacial score (nSPS) is 14.0. The second kappa shape index (κ2) is 8.86. The summed E-state index contributed by atoms with van der Waals surface area (Å²) < 4.78 is 10.5. The number of carbonyl (C=O) groups is 3. The van der Waals surface area contributed by atoms with Crippen LogP contribution in [0.1, 0.15) is 11.1 Å². The van der Waals surface area contributed by atoms with E-state index in [9.17, 15) is 14.4 Å². The number of amides is 3. The van der Waals surface area contributed by atoms with Crippen molar-refractivity contribution < 1.29 is 23.9 Å². The van der Waals surface area contributed by atoms with Gasteiger partial charge in [-0.25, -0.2) is 0 Å². The third-order valence-corrected chi connectivity index (χ3v) is 5.11. The second-order valence-electron chi connectivity index (χ2n) is 7.07. The lowest BCUT2D eigenvalue weighted by Crippen LogP contribution is -2.56. The summed E-state index contributed by atoms with van der Waals surface area (Å²) >= 11 is 0. The van der Waals surface area contributed by atoms with E-state index in [1.165, 1.54) is 24.0 Å². The summed E-state index contributed by atoms with van der Waals surface area (Å²) in [6.07, 6.45) is 0. The molecule has 2 aromatic carbocycles. The largest absolute Gasteiger partial charge is 0.493 e. The summed E-state index contributed by atoms with van der Waals surface area (Å²) in [5.41, 5.74) is 3.37. The van der Waals surface area contributed by atoms with E-state index >= 15 is 0 Å². The van der Waals surface area contributed by atoms with Crippen LogP contribution >= 0.6 is 0 Å². The van der Waals surface area contributed by atoms with Gasteiger partial charge in [-0.2, -0.15) is 0 Å². The van der Waals surface area contributed by atoms with Gasteiger partial charge in [0.1, 0.15) is 6.54 Å². The molecular formula is C22H25N3O5. The van der Waals surface area contributed by atoms with Gasteiger partial charge in [-0.3, -0.25) is 14.4 Å². The molecule has 0 saturated carbocycles. The number of hydrogen-bond acceptors (Lipinski definition) is 5. The standard InChI is InChI=1S/C22H25N3O5/c1-14-5-6-16(11-15(14)2)23-20(26)13-24-9-10-25(22(28)21(24)27)17-7-8-18(29-3)19(12-17)30-4/h5-8,11-12H,9-10,13H2,1-4H3,(H,23,26).